The molecule has 3 nitrogen and oxygen atoms in total. The first-order valence-electron chi connectivity index (χ1n) is 6.29. The van der Waals surface area contributed by atoms with Crippen molar-refractivity contribution < 1.29 is 4.74 Å². The zero-order valence-corrected chi connectivity index (χ0v) is 11.9. The summed E-state index contributed by atoms with van der Waals surface area (Å²) in [6, 6.07) is 6.55. The van der Waals surface area contributed by atoms with Gasteiger partial charge in [-0.15, -0.1) is 0 Å². The SMILES string of the molecule is CCC(C#N)CN(C)c1cc(C)c(OC)c(C)c1. The van der Waals surface area contributed by atoms with Crippen molar-refractivity contribution in [3.63, 3.8) is 0 Å². The second-order valence-corrected chi connectivity index (χ2v) is 4.73. The van der Waals surface area contributed by atoms with E-state index in [1.54, 1.807) is 7.11 Å². The molecule has 0 spiro atoms. The van der Waals surface area contributed by atoms with Gasteiger partial charge in [0.15, 0.2) is 0 Å². The average Bonchev–Trinajstić information content (AvgIpc) is 2.35. The first-order chi connectivity index (χ1) is 8.53. The molecule has 1 aromatic rings. The summed E-state index contributed by atoms with van der Waals surface area (Å²) in [5.41, 5.74) is 3.40. The molecular weight excluding hydrogens is 224 g/mol. The topological polar surface area (TPSA) is 36.3 Å². The summed E-state index contributed by atoms with van der Waals surface area (Å²) in [4.78, 5) is 2.14. The fourth-order valence-corrected chi connectivity index (χ4v) is 2.17. The van der Waals surface area contributed by atoms with Gasteiger partial charge in [0, 0.05) is 19.3 Å². The van der Waals surface area contributed by atoms with Crippen LogP contribution >= 0.6 is 0 Å². The Balaban J connectivity index is 2.94. The van der Waals surface area contributed by atoms with Gasteiger partial charge in [0.05, 0.1) is 19.1 Å². The number of anilines is 1. The summed E-state index contributed by atoms with van der Waals surface area (Å²) in [5, 5.41) is 9.02. The van der Waals surface area contributed by atoms with Crippen molar-refractivity contribution in [1.82, 2.24) is 0 Å². The minimum atomic E-state index is 0.0812. The van der Waals surface area contributed by atoms with Gasteiger partial charge in [-0.2, -0.15) is 5.26 Å². The van der Waals surface area contributed by atoms with Gasteiger partial charge >= 0.3 is 0 Å². The number of benzene rings is 1. The molecule has 0 saturated carbocycles. The Kier molecular flexibility index (Phi) is 5.03. The van der Waals surface area contributed by atoms with Gasteiger partial charge in [0.2, 0.25) is 0 Å². The van der Waals surface area contributed by atoms with Gasteiger partial charge in [-0.3, -0.25) is 0 Å². The van der Waals surface area contributed by atoms with Crippen molar-refractivity contribution in [2.24, 2.45) is 5.92 Å². The molecule has 1 atom stereocenters. The molecule has 1 unspecified atom stereocenters. The number of methoxy groups -OCH3 is 1. The highest BCUT2D eigenvalue weighted by Crippen LogP contribution is 2.28. The molecule has 0 amide bonds. The van der Waals surface area contributed by atoms with E-state index in [-0.39, 0.29) is 5.92 Å². The van der Waals surface area contributed by atoms with E-state index in [2.05, 4.69) is 23.1 Å². The molecular formula is C15H22N2O. The number of nitrogens with zero attached hydrogens (tertiary/aromatic N) is 2. The van der Waals surface area contributed by atoms with Crippen LogP contribution in [0.3, 0.4) is 0 Å². The number of nitriles is 1. The van der Waals surface area contributed by atoms with E-state index in [1.165, 1.54) is 0 Å². The maximum atomic E-state index is 9.02. The van der Waals surface area contributed by atoms with Gasteiger partial charge in [0.1, 0.15) is 5.75 Å². The fourth-order valence-electron chi connectivity index (χ4n) is 2.17. The predicted molar refractivity (Wildman–Crippen MR) is 75.1 cm³/mol. The van der Waals surface area contributed by atoms with Gasteiger partial charge < -0.3 is 9.64 Å². The minimum absolute atomic E-state index is 0.0812. The second kappa shape index (κ2) is 6.30. The normalized spacial score (nSPS) is 11.8. The number of hydrogen-bond acceptors (Lipinski definition) is 3. The van der Waals surface area contributed by atoms with Crippen LogP contribution < -0.4 is 9.64 Å². The van der Waals surface area contributed by atoms with E-state index in [1.807, 2.05) is 27.8 Å². The quantitative estimate of drug-likeness (QED) is 0.799. The summed E-state index contributed by atoms with van der Waals surface area (Å²) < 4.78 is 5.36. The zero-order valence-electron chi connectivity index (χ0n) is 11.9. The lowest BCUT2D eigenvalue weighted by Gasteiger charge is -2.23. The third kappa shape index (κ3) is 3.16. The van der Waals surface area contributed by atoms with E-state index in [4.69, 9.17) is 10.00 Å². The molecule has 0 aliphatic carbocycles. The predicted octanol–water partition coefficient (Wildman–Crippen LogP) is 3.30. The number of hydrogen-bond donors (Lipinski definition) is 0. The lowest BCUT2D eigenvalue weighted by atomic mass is 10.1. The van der Waals surface area contributed by atoms with Crippen molar-refractivity contribution in [2.45, 2.75) is 27.2 Å². The maximum absolute atomic E-state index is 9.02. The van der Waals surface area contributed by atoms with Crippen LogP contribution in [0.25, 0.3) is 0 Å². The fraction of sp³-hybridized carbons (Fsp3) is 0.533. The highest BCUT2D eigenvalue weighted by Gasteiger charge is 2.12. The molecule has 0 fully saturated rings. The Morgan fingerprint density at radius 1 is 1.33 bits per heavy atom. The van der Waals surface area contributed by atoms with Crippen LogP contribution in [0, 0.1) is 31.1 Å². The molecule has 1 rings (SSSR count). The molecule has 0 saturated heterocycles. The number of aryl methyl sites for hydroxylation is 2. The van der Waals surface area contributed by atoms with Crippen molar-refractivity contribution in [2.75, 3.05) is 25.6 Å². The van der Waals surface area contributed by atoms with Crippen molar-refractivity contribution >= 4 is 5.69 Å². The maximum Gasteiger partial charge on any atom is 0.124 e. The highest BCUT2D eigenvalue weighted by atomic mass is 16.5. The van der Waals surface area contributed by atoms with Crippen LogP contribution in [-0.2, 0) is 0 Å². The van der Waals surface area contributed by atoms with Crippen molar-refractivity contribution in [3.05, 3.63) is 23.3 Å². The molecule has 0 N–H and O–H groups in total. The lowest BCUT2D eigenvalue weighted by Crippen LogP contribution is -2.24. The summed E-state index contributed by atoms with van der Waals surface area (Å²) in [7, 11) is 3.72. The summed E-state index contributed by atoms with van der Waals surface area (Å²) >= 11 is 0. The van der Waals surface area contributed by atoms with Crippen LogP contribution in [-0.4, -0.2) is 20.7 Å². The van der Waals surface area contributed by atoms with Gasteiger partial charge in [-0.05, 0) is 43.5 Å². The van der Waals surface area contributed by atoms with Crippen LogP contribution in [0.15, 0.2) is 12.1 Å². The van der Waals surface area contributed by atoms with Crippen LogP contribution in [0.5, 0.6) is 5.75 Å². The molecule has 0 aromatic heterocycles. The molecule has 98 valence electrons. The van der Waals surface area contributed by atoms with E-state index >= 15 is 0 Å². The van der Waals surface area contributed by atoms with E-state index in [0.717, 1.165) is 35.5 Å². The molecule has 0 heterocycles. The molecule has 0 aliphatic heterocycles. The molecule has 1 aromatic carbocycles. The highest BCUT2D eigenvalue weighted by molar-refractivity contribution is 5.56. The van der Waals surface area contributed by atoms with Gasteiger partial charge in [-0.25, -0.2) is 0 Å². The monoisotopic (exact) mass is 246 g/mol. The van der Waals surface area contributed by atoms with E-state index in [9.17, 15) is 0 Å². The molecule has 3 heteroatoms. The lowest BCUT2D eigenvalue weighted by molar-refractivity contribution is 0.408. The molecule has 18 heavy (non-hydrogen) atoms. The third-order valence-corrected chi connectivity index (χ3v) is 3.26. The third-order valence-electron chi connectivity index (χ3n) is 3.26. The average molecular weight is 246 g/mol. The van der Waals surface area contributed by atoms with Gasteiger partial charge in [0.25, 0.3) is 0 Å². The second-order valence-electron chi connectivity index (χ2n) is 4.73. The van der Waals surface area contributed by atoms with E-state index < -0.39 is 0 Å². The summed E-state index contributed by atoms with van der Waals surface area (Å²) in [6.45, 7) is 6.90. The Bertz CT molecular complexity index is 425. The Hall–Kier alpha value is -1.69. The van der Waals surface area contributed by atoms with Crippen molar-refractivity contribution in [3.8, 4) is 11.8 Å². The van der Waals surface area contributed by atoms with Crippen LogP contribution in [0.1, 0.15) is 24.5 Å². The number of rotatable bonds is 5. The zero-order chi connectivity index (χ0) is 13.7. The van der Waals surface area contributed by atoms with E-state index in [0.29, 0.717) is 0 Å². The first-order valence-corrected chi connectivity index (χ1v) is 6.29. The number of ether oxygens (including phenoxy) is 1. The molecule has 0 bridgehead atoms. The largest absolute Gasteiger partial charge is 0.496 e. The van der Waals surface area contributed by atoms with Crippen molar-refractivity contribution in [1.29, 1.82) is 5.26 Å². The standard InChI is InChI=1S/C15H22N2O/c1-6-13(9-16)10-17(4)14-7-11(2)15(18-5)12(3)8-14/h7-8,13H,6,10H2,1-5H3. The Morgan fingerprint density at radius 2 is 1.89 bits per heavy atom. The van der Waals surface area contributed by atoms with Crippen LogP contribution in [0.2, 0.25) is 0 Å². The van der Waals surface area contributed by atoms with Crippen LogP contribution in [0.4, 0.5) is 5.69 Å². The summed E-state index contributed by atoms with van der Waals surface area (Å²) in [6.07, 6.45) is 0.884. The minimum Gasteiger partial charge on any atom is -0.496 e. The van der Waals surface area contributed by atoms with Gasteiger partial charge in [-0.1, -0.05) is 6.92 Å². The smallest absolute Gasteiger partial charge is 0.124 e. The Labute approximate surface area is 110 Å². The summed E-state index contributed by atoms with van der Waals surface area (Å²) in [5.74, 6) is 1.03. The molecule has 0 aliphatic rings. The first kappa shape index (κ1) is 14.4. The molecule has 0 radical (unpaired) electrons. The Morgan fingerprint density at radius 3 is 2.28 bits per heavy atom.